The van der Waals surface area contributed by atoms with Crippen molar-refractivity contribution in [3.8, 4) is 0 Å². The zero-order valence-corrected chi connectivity index (χ0v) is 6.23. The maximum atomic E-state index is 11.8. The van der Waals surface area contributed by atoms with E-state index < -0.39 is 18.8 Å². The fourth-order valence-corrected chi connectivity index (χ4v) is 0.514. The summed E-state index contributed by atoms with van der Waals surface area (Å²) in [5.74, 6) is 0. The smallest absolute Gasteiger partial charge is 0.410 e. The number of hydrogen-bond donors (Lipinski definition) is 0. The first kappa shape index (κ1) is 10.5. The molecule has 0 aliphatic carbocycles. The second-order valence-electron chi connectivity index (χ2n) is 1.83. The molecule has 0 rings (SSSR count). The van der Waals surface area contributed by atoms with Gasteiger partial charge in [-0.3, -0.25) is 0 Å². The van der Waals surface area contributed by atoms with Crippen molar-refractivity contribution in [2.45, 2.75) is 6.18 Å². The van der Waals surface area contributed by atoms with Crippen molar-refractivity contribution >= 4 is 7.12 Å². The third kappa shape index (κ3) is 2.94. The van der Waals surface area contributed by atoms with Gasteiger partial charge in [0, 0.05) is 14.2 Å². The lowest BCUT2D eigenvalue weighted by atomic mass is 9.79. The molecule has 11 heavy (non-hydrogen) atoms. The normalized spacial score (nSPS) is 11.4. The first-order valence-corrected chi connectivity index (χ1v) is 2.75. The van der Waals surface area contributed by atoms with Crippen LogP contribution in [0.15, 0.2) is 12.1 Å². The molecule has 6 heteroatoms. The highest BCUT2D eigenvalue weighted by molar-refractivity contribution is 6.53. The quantitative estimate of drug-likeness (QED) is 0.593. The summed E-state index contributed by atoms with van der Waals surface area (Å²) in [5, 5.41) is 0. The Bertz CT molecular complexity index is 141. The molecule has 0 spiro atoms. The Morgan fingerprint density at radius 1 is 1.27 bits per heavy atom. The van der Waals surface area contributed by atoms with Gasteiger partial charge in [0.15, 0.2) is 0 Å². The minimum Gasteiger partial charge on any atom is -0.410 e. The van der Waals surface area contributed by atoms with E-state index in [1.165, 1.54) is 0 Å². The van der Waals surface area contributed by atoms with Crippen LogP contribution >= 0.6 is 0 Å². The van der Waals surface area contributed by atoms with E-state index in [1.54, 1.807) is 0 Å². The first-order valence-electron chi connectivity index (χ1n) is 2.75. The highest BCUT2D eigenvalue weighted by Crippen LogP contribution is 2.26. The fraction of sp³-hybridized carbons (Fsp3) is 0.600. The van der Waals surface area contributed by atoms with Gasteiger partial charge in [-0.1, -0.05) is 6.58 Å². The molecule has 0 aliphatic heterocycles. The van der Waals surface area contributed by atoms with Crippen molar-refractivity contribution in [1.29, 1.82) is 0 Å². The van der Waals surface area contributed by atoms with E-state index in [4.69, 9.17) is 0 Å². The van der Waals surface area contributed by atoms with Crippen molar-refractivity contribution in [3.63, 3.8) is 0 Å². The molecule has 0 radical (unpaired) electrons. The average molecular weight is 168 g/mol. The molecule has 0 atom stereocenters. The molecule has 0 saturated carbocycles. The maximum absolute atomic E-state index is 11.8. The third-order valence-electron chi connectivity index (χ3n) is 1.08. The summed E-state index contributed by atoms with van der Waals surface area (Å²) in [6, 6.07) is 0. The van der Waals surface area contributed by atoms with E-state index in [9.17, 15) is 13.2 Å². The van der Waals surface area contributed by atoms with Gasteiger partial charge in [-0.05, 0) is 0 Å². The van der Waals surface area contributed by atoms with E-state index in [1.807, 2.05) is 0 Å². The summed E-state index contributed by atoms with van der Waals surface area (Å²) in [5.41, 5.74) is -1.04. The molecular formula is C5H8BF3O2. The second-order valence-corrected chi connectivity index (χ2v) is 1.83. The zero-order valence-electron chi connectivity index (χ0n) is 6.23. The molecule has 0 N–H and O–H groups in total. The van der Waals surface area contributed by atoms with Crippen molar-refractivity contribution in [2.75, 3.05) is 14.2 Å². The summed E-state index contributed by atoms with van der Waals surface area (Å²) < 4.78 is 44.1. The monoisotopic (exact) mass is 168 g/mol. The van der Waals surface area contributed by atoms with Crippen LogP contribution in [-0.4, -0.2) is 27.5 Å². The lowest BCUT2D eigenvalue weighted by Gasteiger charge is -2.13. The van der Waals surface area contributed by atoms with Crippen molar-refractivity contribution < 1.29 is 22.5 Å². The van der Waals surface area contributed by atoms with Crippen LogP contribution in [0.3, 0.4) is 0 Å². The molecule has 0 aliphatic rings. The Morgan fingerprint density at radius 3 is 1.73 bits per heavy atom. The van der Waals surface area contributed by atoms with Crippen LogP contribution in [0, 0.1) is 0 Å². The van der Waals surface area contributed by atoms with Crippen LogP contribution in [0.5, 0.6) is 0 Å². The first-order chi connectivity index (χ1) is 4.93. The SMILES string of the molecule is C=C(B(OC)OC)C(F)(F)F. The van der Waals surface area contributed by atoms with Gasteiger partial charge in [0.05, 0.1) is 5.47 Å². The molecule has 0 amide bonds. The van der Waals surface area contributed by atoms with E-state index in [2.05, 4.69) is 15.9 Å². The summed E-state index contributed by atoms with van der Waals surface area (Å²) in [6.07, 6.45) is -4.46. The molecule has 2 nitrogen and oxygen atoms in total. The van der Waals surface area contributed by atoms with Crippen molar-refractivity contribution in [1.82, 2.24) is 0 Å². The average Bonchev–Trinajstić information content (AvgIpc) is 1.88. The maximum Gasteiger partial charge on any atom is 0.497 e. The van der Waals surface area contributed by atoms with Gasteiger partial charge in [-0.2, -0.15) is 13.2 Å². The largest absolute Gasteiger partial charge is 0.497 e. The molecular weight excluding hydrogens is 160 g/mol. The van der Waals surface area contributed by atoms with Gasteiger partial charge in [-0.15, -0.1) is 0 Å². The summed E-state index contributed by atoms with van der Waals surface area (Å²) in [7, 11) is 0.825. The van der Waals surface area contributed by atoms with Crippen molar-refractivity contribution in [2.24, 2.45) is 0 Å². The predicted octanol–water partition coefficient (Wildman–Crippen LogP) is 1.43. The number of allylic oxidation sites excluding steroid dienone is 1. The van der Waals surface area contributed by atoms with E-state index in [-0.39, 0.29) is 0 Å². The highest BCUT2D eigenvalue weighted by atomic mass is 19.4. The Balaban J connectivity index is 4.22. The molecule has 0 saturated heterocycles. The van der Waals surface area contributed by atoms with Crippen LogP contribution < -0.4 is 0 Å². The van der Waals surface area contributed by atoms with E-state index in [0.717, 1.165) is 14.2 Å². The Hall–Kier alpha value is -0.485. The number of rotatable bonds is 3. The van der Waals surface area contributed by atoms with Crippen molar-refractivity contribution in [3.05, 3.63) is 12.1 Å². The minimum absolute atomic E-state index is 1.04. The Morgan fingerprint density at radius 2 is 1.64 bits per heavy atom. The van der Waals surface area contributed by atoms with Crippen LogP contribution in [0.4, 0.5) is 13.2 Å². The molecule has 0 fully saturated rings. The van der Waals surface area contributed by atoms with Crippen LogP contribution in [-0.2, 0) is 9.31 Å². The lowest BCUT2D eigenvalue weighted by molar-refractivity contribution is -0.0877. The van der Waals surface area contributed by atoms with Gasteiger partial charge in [0.1, 0.15) is 0 Å². The molecule has 0 aromatic carbocycles. The summed E-state index contributed by atoms with van der Waals surface area (Å²) in [6.45, 7) is 2.79. The highest BCUT2D eigenvalue weighted by Gasteiger charge is 2.41. The van der Waals surface area contributed by atoms with E-state index in [0.29, 0.717) is 0 Å². The summed E-state index contributed by atoms with van der Waals surface area (Å²) >= 11 is 0. The second kappa shape index (κ2) is 3.78. The van der Waals surface area contributed by atoms with Crippen LogP contribution in [0.1, 0.15) is 0 Å². The number of alkyl halides is 3. The Labute approximate surface area is 63.1 Å². The molecule has 0 aromatic heterocycles. The topological polar surface area (TPSA) is 18.5 Å². The third-order valence-corrected chi connectivity index (χ3v) is 1.08. The molecule has 0 aromatic rings. The van der Waals surface area contributed by atoms with Gasteiger partial charge >= 0.3 is 13.3 Å². The van der Waals surface area contributed by atoms with Gasteiger partial charge < -0.3 is 9.31 Å². The Kier molecular flexibility index (Phi) is 3.61. The van der Waals surface area contributed by atoms with Gasteiger partial charge in [-0.25, -0.2) is 0 Å². The molecule has 64 valence electrons. The van der Waals surface area contributed by atoms with Gasteiger partial charge in [0.2, 0.25) is 0 Å². The van der Waals surface area contributed by atoms with Crippen LogP contribution in [0.25, 0.3) is 0 Å². The van der Waals surface area contributed by atoms with Gasteiger partial charge in [0.25, 0.3) is 0 Å². The lowest BCUT2D eigenvalue weighted by Crippen LogP contribution is -2.31. The molecule has 0 heterocycles. The zero-order chi connectivity index (χ0) is 9.07. The molecule has 0 unspecified atom stereocenters. The number of hydrogen-bond acceptors (Lipinski definition) is 2. The molecule has 0 bridgehead atoms. The minimum atomic E-state index is -4.46. The fourth-order valence-electron chi connectivity index (χ4n) is 0.514. The standard InChI is InChI=1S/C5H8BF3O2/c1-4(5(7,8)9)6(10-2)11-3/h1H2,2-3H3. The predicted molar refractivity (Wildman–Crippen MR) is 35.0 cm³/mol. The number of halogens is 3. The van der Waals surface area contributed by atoms with E-state index >= 15 is 0 Å². The van der Waals surface area contributed by atoms with Crippen LogP contribution in [0.2, 0.25) is 0 Å². The summed E-state index contributed by atoms with van der Waals surface area (Å²) in [4.78, 5) is 0.